The zero-order valence-electron chi connectivity index (χ0n) is 13.4. The Morgan fingerprint density at radius 3 is 2.55 bits per heavy atom. The van der Waals surface area contributed by atoms with Crippen molar-refractivity contribution < 1.29 is 13.9 Å². The van der Waals surface area contributed by atoms with E-state index in [0.29, 0.717) is 6.61 Å². The fourth-order valence-electron chi connectivity index (χ4n) is 2.11. The summed E-state index contributed by atoms with van der Waals surface area (Å²) in [5, 5.41) is 0.233. The number of hydrogen-bond acceptors (Lipinski definition) is 3. The van der Waals surface area contributed by atoms with Crippen molar-refractivity contribution in [1.29, 1.82) is 0 Å². The van der Waals surface area contributed by atoms with Gasteiger partial charge in [0.15, 0.2) is 8.32 Å². The molecule has 0 fully saturated rings. The van der Waals surface area contributed by atoms with Gasteiger partial charge in [0.1, 0.15) is 0 Å². The molecule has 0 bridgehead atoms. The van der Waals surface area contributed by atoms with Gasteiger partial charge in [0.05, 0.1) is 19.3 Å². The Kier molecular flexibility index (Phi) is 4.59. The Bertz CT molecular complexity index is 395. The molecule has 0 aromatic heterocycles. The van der Waals surface area contributed by atoms with Crippen LogP contribution in [0.25, 0.3) is 0 Å². The minimum Gasteiger partial charge on any atom is -0.414 e. The molecular formula is C16H28O3Si. The van der Waals surface area contributed by atoms with Gasteiger partial charge in [-0.25, -0.2) is 0 Å². The Morgan fingerprint density at radius 1 is 1.25 bits per heavy atom. The van der Waals surface area contributed by atoms with E-state index in [-0.39, 0.29) is 11.1 Å². The zero-order chi connectivity index (χ0) is 14.9. The molecule has 0 radical (unpaired) electrons. The van der Waals surface area contributed by atoms with Gasteiger partial charge >= 0.3 is 0 Å². The average molecular weight is 296 g/mol. The van der Waals surface area contributed by atoms with Crippen molar-refractivity contribution >= 4 is 8.32 Å². The van der Waals surface area contributed by atoms with Gasteiger partial charge < -0.3 is 13.9 Å². The van der Waals surface area contributed by atoms with Crippen molar-refractivity contribution in [1.82, 2.24) is 0 Å². The lowest BCUT2D eigenvalue weighted by molar-refractivity contribution is -0.212. The van der Waals surface area contributed by atoms with Crippen LogP contribution in [0.5, 0.6) is 0 Å². The first kappa shape index (κ1) is 16.0. The van der Waals surface area contributed by atoms with Gasteiger partial charge in [0.2, 0.25) is 5.79 Å². The van der Waals surface area contributed by atoms with Crippen LogP contribution in [0.4, 0.5) is 0 Å². The van der Waals surface area contributed by atoms with Gasteiger partial charge in [-0.1, -0.05) is 32.9 Å². The van der Waals surface area contributed by atoms with E-state index in [9.17, 15) is 0 Å². The molecule has 0 saturated carbocycles. The van der Waals surface area contributed by atoms with Gasteiger partial charge in [-0.2, -0.15) is 0 Å². The first-order valence-corrected chi connectivity index (χ1v) is 10.5. The molecule has 0 saturated heterocycles. The third-order valence-corrected chi connectivity index (χ3v) is 9.00. The summed E-state index contributed by atoms with van der Waals surface area (Å²) in [6.45, 7) is 12.7. The molecule has 1 spiro atoms. The zero-order valence-corrected chi connectivity index (χ0v) is 14.4. The Morgan fingerprint density at radius 2 is 1.95 bits per heavy atom. The first-order valence-electron chi connectivity index (χ1n) is 7.55. The maximum absolute atomic E-state index is 6.27. The summed E-state index contributed by atoms with van der Waals surface area (Å²) in [4.78, 5) is 0. The van der Waals surface area contributed by atoms with E-state index in [1.807, 2.05) is 12.2 Å². The van der Waals surface area contributed by atoms with E-state index in [1.165, 1.54) is 0 Å². The van der Waals surface area contributed by atoms with Gasteiger partial charge in [-0.15, -0.1) is 0 Å². The topological polar surface area (TPSA) is 27.7 Å². The van der Waals surface area contributed by atoms with Gasteiger partial charge in [0.25, 0.3) is 0 Å². The summed E-state index contributed by atoms with van der Waals surface area (Å²) in [6, 6.07) is 0. The van der Waals surface area contributed by atoms with Gasteiger partial charge in [0, 0.05) is 0 Å². The molecule has 2 aliphatic heterocycles. The second kappa shape index (κ2) is 5.76. The Labute approximate surface area is 124 Å². The molecule has 2 rings (SSSR count). The van der Waals surface area contributed by atoms with Crippen LogP contribution < -0.4 is 0 Å². The third-order valence-electron chi connectivity index (χ3n) is 4.50. The molecule has 114 valence electrons. The van der Waals surface area contributed by atoms with Crippen LogP contribution in [0.1, 0.15) is 33.6 Å². The minimum atomic E-state index is -1.71. The van der Waals surface area contributed by atoms with Crippen LogP contribution in [0.15, 0.2) is 24.3 Å². The highest BCUT2D eigenvalue weighted by Gasteiger charge is 2.39. The van der Waals surface area contributed by atoms with Crippen LogP contribution in [0, 0.1) is 0 Å². The maximum Gasteiger partial charge on any atom is 0.208 e. The van der Waals surface area contributed by atoms with Gasteiger partial charge in [-0.3, -0.25) is 0 Å². The lowest BCUT2D eigenvalue weighted by Gasteiger charge is -2.40. The molecular weight excluding hydrogens is 268 g/mol. The molecule has 4 heteroatoms. The summed E-state index contributed by atoms with van der Waals surface area (Å²) in [6.07, 6.45) is 10.3. The molecule has 0 unspecified atom stereocenters. The van der Waals surface area contributed by atoms with Crippen LogP contribution in [-0.4, -0.2) is 33.4 Å². The Balaban J connectivity index is 1.94. The minimum absolute atomic E-state index is 0.0804. The largest absolute Gasteiger partial charge is 0.414 e. The fraction of sp³-hybridized carbons (Fsp3) is 0.750. The van der Waals surface area contributed by atoms with E-state index in [0.717, 1.165) is 19.4 Å². The molecule has 20 heavy (non-hydrogen) atoms. The van der Waals surface area contributed by atoms with Crippen molar-refractivity contribution in [2.75, 3.05) is 13.2 Å². The van der Waals surface area contributed by atoms with Crippen molar-refractivity contribution in [3.8, 4) is 0 Å². The van der Waals surface area contributed by atoms with E-state index >= 15 is 0 Å². The number of ether oxygens (including phenoxy) is 2. The lowest BCUT2D eigenvalue weighted by atomic mass is 10.1. The highest BCUT2D eigenvalue weighted by molar-refractivity contribution is 6.74. The van der Waals surface area contributed by atoms with E-state index in [2.05, 4.69) is 46.0 Å². The predicted molar refractivity (Wildman–Crippen MR) is 84.2 cm³/mol. The SMILES string of the molecule is CC(C)(C)[Si](C)(C)OC[C@H]1CC=C[C@@]2(C=CCCO2)O1. The van der Waals surface area contributed by atoms with Gasteiger partial charge in [-0.05, 0) is 43.1 Å². The second-order valence-electron chi connectivity index (χ2n) is 7.21. The highest BCUT2D eigenvalue weighted by atomic mass is 28.4. The van der Waals surface area contributed by atoms with Crippen LogP contribution in [0.2, 0.25) is 18.1 Å². The van der Waals surface area contributed by atoms with Crippen LogP contribution in [-0.2, 0) is 13.9 Å². The van der Waals surface area contributed by atoms with Crippen molar-refractivity contribution in [2.45, 2.75) is 63.6 Å². The molecule has 0 N–H and O–H groups in total. The van der Waals surface area contributed by atoms with E-state index in [4.69, 9.17) is 13.9 Å². The standard InChI is InChI=1S/C16H28O3Si/c1-15(2,3)20(4,5)18-13-14-9-8-11-16(19-14)10-6-7-12-17-16/h6,8,10-11,14H,7,9,12-13H2,1-5H3/t14-,16-/m1/s1. The highest BCUT2D eigenvalue weighted by Crippen LogP contribution is 2.37. The molecule has 0 aromatic rings. The summed E-state index contributed by atoms with van der Waals surface area (Å²) in [5.74, 6) is -0.641. The molecule has 2 heterocycles. The van der Waals surface area contributed by atoms with Crippen LogP contribution >= 0.6 is 0 Å². The van der Waals surface area contributed by atoms with Crippen LogP contribution in [0.3, 0.4) is 0 Å². The van der Waals surface area contributed by atoms with Crippen molar-refractivity contribution in [3.05, 3.63) is 24.3 Å². The summed E-state index contributed by atoms with van der Waals surface area (Å²) < 4.78 is 18.2. The molecule has 0 aliphatic carbocycles. The summed E-state index contributed by atoms with van der Waals surface area (Å²) in [7, 11) is -1.71. The van der Waals surface area contributed by atoms with Crippen molar-refractivity contribution in [3.63, 3.8) is 0 Å². The summed E-state index contributed by atoms with van der Waals surface area (Å²) >= 11 is 0. The molecule has 3 nitrogen and oxygen atoms in total. The molecule has 2 aliphatic rings. The first-order chi connectivity index (χ1) is 9.24. The van der Waals surface area contributed by atoms with E-state index < -0.39 is 14.1 Å². The molecule has 0 amide bonds. The predicted octanol–water partition coefficient (Wildman–Crippen LogP) is 4.03. The monoisotopic (exact) mass is 296 g/mol. The second-order valence-corrected chi connectivity index (χ2v) is 12.0. The number of rotatable bonds is 3. The lowest BCUT2D eigenvalue weighted by Crippen LogP contribution is -2.46. The fourth-order valence-corrected chi connectivity index (χ4v) is 3.15. The molecule has 0 aromatic carbocycles. The smallest absolute Gasteiger partial charge is 0.208 e. The quantitative estimate of drug-likeness (QED) is 0.581. The average Bonchev–Trinajstić information content (AvgIpc) is 2.36. The van der Waals surface area contributed by atoms with Crippen molar-refractivity contribution in [2.24, 2.45) is 0 Å². The third kappa shape index (κ3) is 3.61. The maximum atomic E-state index is 6.27. The normalized spacial score (nSPS) is 30.9. The molecule has 2 atom stereocenters. The summed E-state index contributed by atoms with van der Waals surface area (Å²) in [5.41, 5.74) is 0. The number of hydrogen-bond donors (Lipinski definition) is 0. The Hall–Kier alpha value is -0.423. The van der Waals surface area contributed by atoms with E-state index in [1.54, 1.807) is 0 Å².